The molecule has 8 nitrogen and oxygen atoms in total. The fourth-order valence-electron chi connectivity index (χ4n) is 3.02. The minimum Gasteiger partial charge on any atom is -0.493 e. The van der Waals surface area contributed by atoms with Crippen molar-refractivity contribution < 1.29 is 28.5 Å². The quantitative estimate of drug-likeness (QED) is 0.782. The summed E-state index contributed by atoms with van der Waals surface area (Å²) in [5, 5.41) is 0. The van der Waals surface area contributed by atoms with Crippen LogP contribution < -0.4 is 14.2 Å². The Morgan fingerprint density at radius 1 is 0.857 bits per heavy atom. The molecule has 0 aliphatic carbocycles. The van der Waals surface area contributed by atoms with Gasteiger partial charge in [0.2, 0.25) is 5.75 Å². The van der Waals surface area contributed by atoms with Crippen molar-refractivity contribution in [3.63, 3.8) is 0 Å². The molecule has 2 rings (SSSR count). The summed E-state index contributed by atoms with van der Waals surface area (Å²) in [7, 11) is 4.54. The zero-order valence-electron chi connectivity index (χ0n) is 17.5. The Morgan fingerprint density at radius 3 is 1.89 bits per heavy atom. The third-order valence-electron chi connectivity index (χ3n) is 4.35. The molecule has 1 fully saturated rings. The molecule has 8 heteroatoms. The van der Waals surface area contributed by atoms with Crippen LogP contribution >= 0.6 is 0 Å². The number of amides is 2. The first-order valence-electron chi connectivity index (χ1n) is 9.27. The van der Waals surface area contributed by atoms with Gasteiger partial charge in [-0.05, 0) is 39.3 Å². The predicted molar refractivity (Wildman–Crippen MR) is 104 cm³/mol. The number of benzene rings is 1. The van der Waals surface area contributed by atoms with Gasteiger partial charge < -0.3 is 28.7 Å². The van der Waals surface area contributed by atoms with E-state index in [2.05, 4.69) is 0 Å². The second-order valence-electron chi connectivity index (χ2n) is 7.53. The van der Waals surface area contributed by atoms with Crippen LogP contribution in [0.3, 0.4) is 0 Å². The number of rotatable bonds is 4. The molecule has 1 saturated heterocycles. The van der Waals surface area contributed by atoms with Gasteiger partial charge in [-0.3, -0.25) is 4.79 Å². The van der Waals surface area contributed by atoms with Crippen molar-refractivity contribution >= 4 is 12.0 Å². The summed E-state index contributed by atoms with van der Waals surface area (Å²) < 4.78 is 21.4. The molecular formula is C20H30N2O6. The smallest absolute Gasteiger partial charge is 0.410 e. The van der Waals surface area contributed by atoms with Crippen LogP contribution in [0.25, 0.3) is 0 Å². The normalized spacial score (nSPS) is 14.9. The van der Waals surface area contributed by atoms with Crippen molar-refractivity contribution in [3.8, 4) is 17.2 Å². The van der Waals surface area contributed by atoms with Crippen molar-refractivity contribution in [2.45, 2.75) is 32.8 Å². The monoisotopic (exact) mass is 394 g/mol. The van der Waals surface area contributed by atoms with Gasteiger partial charge in [0, 0.05) is 31.7 Å². The molecule has 1 aromatic carbocycles. The Bertz CT molecular complexity index is 688. The summed E-state index contributed by atoms with van der Waals surface area (Å²) in [5.74, 6) is 1.14. The van der Waals surface area contributed by atoms with Gasteiger partial charge in [0.05, 0.1) is 21.3 Å². The molecular weight excluding hydrogens is 364 g/mol. The summed E-state index contributed by atoms with van der Waals surface area (Å²) in [6.45, 7) is 7.46. The molecule has 1 aliphatic rings. The fourth-order valence-corrected chi connectivity index (χ4v) is 3.02. The second-order valence-corrected chi connectivity index (χ2v) is 7.53. The van der Waals surface area contributed by atoms with Crippen LogP contribution in [0.1, 0.15) is 37.6 Å². The van der Waals surface area contributed by atoms with E-state index in [-0.39, 0.29) is 12.0 Å². The SMILES string of the molecule is COc1cc(C(=O)N2CCCN(C(=O)OC(C)(C)C)CC2)cc(OC)c1OC. The maximum absolute atomic E-state index is 13.0. The van der Waals surface area contributed by atoms with Gasteiger partial charge in [0.1, 0.15) is 5.60 Å². The van der Waals surface area contributed by atoms with Crippen LogP contribution in [0.5, 0.6) is 17.2 Å². The largest absolute Gasteiger partial charge is 0.493 e. The number of carbonyl (C=O) groups is 2. The van der Waals surface area contributed by atoms with Crippen molar-refractivity contribution in [3.05, 3.63) is 17.7 Å². The predicted octanol–water partition coefficient (Wildman–Crippen LogP) is 2.80. The molecule has 28 heavy (non-hydrogen) atoms. The summed E-state index contributed by atoms with van der Waals surface area (Å²) in [6, 6.07) is 3.28. The maximum atomic E-state index is 13.0. The summed E-state index contributed by atoms with van der Waals surface area (Å²) in [6.07, 6.45) is 0.324. The lowest BCUT2D eigenvalue weighted by Crippen LogP contribution is -2.40. The molecule has 0 bridgehead atoms. The van der Waals surface area contributed by atoms with Crippen molar-refractivity contribution in [2.75, 3.05) is 47.5 Å². The van der Waals surface area contributed by atoms with E-state index >= 15 is 0 Å². The molecule has 0 atom stereocenters. The third kappa shape index (κ3) is 5.21. The van der Waals surface area contributed by atoms with Crippen molar-refractivity contribution in [1.82, 2.24) is 9.80 Å². The first-order chi connectivity index (χ1) is 13.2. The molecule has 0 aromatic heterocycles. The average Bonchev–Trinajstić information content (AvgIpc) is 2.91. The standard InChI is InChI=1S/C20H30N2O6/c1-20(2,3)28-19(24)22-9-7-8-21(10-11-22)18(23)14-12-15(25-4)17(27-6)16(13-14)26-5/h12-13H,7-11H2,1-6H3. The minimum atomic E-state index is -0.547. The van der Waals surface area contributed by atoms with Crippen LogP contribution in [0.15, 0.2) is 12.1 Å². The lowest BCUT2D eigenvalue weighted by Gasteiger charge is -2.26. The topological polar surface area (TPSA) is 77.5 Å². The van der Waals surface area contributed by atoms with Crippen LogP contribution in [0.4, 0.5) is 4.79 Å². The third-order valence-corrected chi connectivity index (χ3v) is 4.35. The molecule has 0 saturated carbocycles. The highest BCUT2D eigenvalue weighted by atomic mass is 16.6. The Labute approximate surface area is 166 Å². The number of methoxy groups -OCH3 is 3. The van der Waals surface area contributed by atoms with E-state index in [1.807, 2.05) is 20.8 Å². The van der Waals surface area contributed by atoms with Gasteiger partial charge in [-0.15, -0.1) is 0 Å². The van der Waals surface area contributed by atoms with E-state index < -0.39 is 5.60 Å². The summed E-state index contributed by atoms with van der Waals surface area (Å²) in [4.78, 5) is 28.7. The Kier molecular flexibility index (Phi) is 6.99. The Hall–Kier alpha value is -2.64. The Balaban J connectivity index is 2.14. The molecule has 2 amide bonds. The lowest BCUT2D eigenvalue weighted by atomic mass is 10.1. The van der Waals surface area contributed by atoms with Crippen molar-refractivity contribution in [2.24, 2.45) is 0 Å². The van der Waals surface area contributed by atoms with Crippen molar-refractivity contribution in [1.29, 1.82) is 0 Å². The molecule has 1 aromatic rings. The highest BCUT2D eigenvalue weighted by Crippen LogP contribution is 2.38. The molecule has 156 valence electrons. The number of carbonyl (C=O) groups excluding carboxylic acids is 2. The van der Waals surface area contributed by atoms with Gasteiger partial charge in [-0.25, -0.2) is 4.79 Å². The van der Waals surface area contributed by atoms with Gasteiger partial charge >= 0.3 is 6.09 Å². The summed E-state index contributed by atoms with van der Waals surface area (Å²) >= 11 is 0. The van der Waals surface area contributed by atoms with Crippen LogP contribution in [0, 0.1) is 0 Å². The van der Waals surface area contributed by atoms with E-state index in [1.165, 1.54) is 21.3 Å². The van der Waals surface area contributed by atoms with Gasteiger partial charge in [0.25, 0.3) is 5.91 Å². The maximum Gasteiger partial charge on any atom is 0.410 e. The molecule has 1 aliphatic heterocycles. The summed E-state index contributed by atoms with van der Waals surface area (Å²) in [5.41, 5.74) is -0.102. The van der Waals surface area contributed by atoms with Crippen LogP contribution in [0.2, 0.25) is 0 Å². The molecule has 0 spiro atoms. The van der Waals surface area contributed by atoms with Crippen LogP contribution in [-0.4, -0.2) is 74.9 Å². The van der Waals surface area contributed by atoms with E-state index in [9.17, 15) is 9.59 Å². The second kappa shape index (κ2) is 9.03. The zero-order chi connectivity index (χ0) is 20.9. The molecule has 0 radical (unpaired) electrons. The molecule has 0 N–H and O–H groups in total. The fraction of sp³-hybridized carbons (Fsp3) is 0.600. The van der Waals surface area contributed by atoms with Crippen LogP contribution in [-0.2, 0) is 4.74 Å². The first kappa shape index (κ1) is 21.7. The van der Waals surface area contributed by atoms with E-state index in [0.29, 0.717) is 55.4 Å². The lowest BCUT2D eigenvalue weighted by molar-refractivity contribution is 0.0255. The number of hydrogen-bond donors (Lipinski definition) is 0. The minimum absolute atomic E-state index is 0.148. The Morgan fingerprint density at radius 2 is 1.39 bits per heavy atom. The van der Waals surface area contributed by atoms with Gasteiger partial charge in [-0.1, -0.05) is 0 Å². The zero-order valence-corrected chi connectivity index (χ0v) is 17.5. The number of ether oxygens (including phenoxy) is 4. The molecule has 0 unspecified atom stereocenters. The number of nitrogens with zero attached hydrogens (tertiary/aromatic N) is 2. The number of hydrogen-bond acceptors (Lipinski definition) is 6. The van der Waals surface area contributed by atoms with E-state index in [4.69, 9.17) is 18.9 Å². The van der Waals surface area contributed by atoms with Gasteiger partial charge in [-0.2, -0.15) is 0 Å². The average molecular weight is 394 g/mol. The highest BCUT2D eigenvalue weighted by Gasteiger charge is 2.27. The molecule has 1 heterocycles. The van der Waals surface area contributed by atoms with E-state index in [1.54, 1.807) is 21.9 Å². The highest BCUT2D eigenvalue weighted by molar-refractivity contribution is 5.95. The first-order valence-corrected chi connectivity index (χ1v) is 9.27. The van der Waals surface area contributed by atoms with Gasteiger partial charge in [0.15, 0.2) is 11.5 Å². The van der Waals surface area contributed by atoms with E-state index in [0.717, 1.165) is 0 Å².